The molecule has 0 spiro atoms. The minimum Gasteiger partial charge on any atom is -0.388 e. The molecule has 104 valence electrons. The molecule has 2 aromatic carbocycles. The largest absolute Gasteiger partial charge is 0.388 e. The fourth-order valence-corrected chi connectivity index (χ4v) is 2.18. The van der Waals surface area contributed by atoms with Gasteiger partial charge in [0.2, 0.25) is 0 Å². The van der Waals surface area contributed by atoms with Gasteiger partial charge in [0.1, 0.15) is 0 Å². The number of hydrogen-bond acceptors (Lipinski definition) is 4. The standard InChI is InChI=1S/C14H14BrN3O2/c1-9-3-4-10(15)5-14(9)17-12-6-11(16-2)7-13(8-12)18(19)20/h3-8,16-17H,1-2H3. The number of nitrogens with zero attached hydrogens (tertiary/aromatic N) is 1. The lowest BCUT2D eigenvalue weighted by Crippen LogP contribution is -1.98. The first-order chi connectivity index (χ1) is 9.49. The van der Waals surface area contributed by atoms with Gasteiger partial charge in [0.05, 0.1) is 4.92 Å². The van der Waals surface area contributed by atoms with Gasteiger partial charge in [-0.1, -0.05) is 22.0 Å². The van der Waals surface area contributed by atoms with Gasteiger partial charge in [-0.25, -0.2) is 0 Å². The molecular formula is C14H14BrN3O2. The second kappa shape index (κ2) is 5.92. The summed E-state index contributed by atoms with van der Waals surface area (Å²) in [6.45, 7) is 1.98. The van der Waals surface area contributed by atoms with E-state index in [2.05, 4.69) is 26.6 Å². The molecule has 0 aliphatic rings. The van der Waals surface area contributed by atoms with E-state index in [1.165, 1.54) is 12.1 Å². The normalized spacial score (nSPS) is 10.2. The van der Waals surface area contributed by atoms with Gasteiger partial charge in [-0.05, 0) is 30.7 Å². The summed E-state index contributed by atoms with van der Waals surface area (Å²) in [6.07, 6.45) is 0. The molecule has 2 rings (SSSR count). The molecule has 2 aromatic rings. The number of nitro benzene ring substituents is 1. The van der Waals surface area contributed by atoms with Crippen LogP contribution < -0.4 is 10.6 Å². The zero-order valence-electron chi connectivity index (χ0n) is 11.1. The Morgan fingerprint density at radius 3 is 2.50 bits per heavy atom. The van der Waals surface area contributed by atoms with Crippen molar-refractivity contribution in [3.63, 3.8) is 0 Å². The number of nitro groups is 1. The van der Waals surface area contributed by atoms with Crippen molar-refractivity contribution < 1.29 is 4.92 Å². The van der Waals surface area contributed by atoms with Crippen LogP contribution in [0.4, 0.5) is 22.7 Å². The zero-order chi connectivity index (χ0) is 14.7. The van der Waals surface area contributed by atoms with Crippen LogP contribution in [0.25, 0.3) is 0 Å². The van der Waals surface area contributed by atoms with Gasteiger partial charge in [0.25, 0.3) is 5.69 Å². The zero-order valence-corrected chi connectivity index (χ0v) is 12.7. The summed E-state index contributed by atoms with van der Waals surface area (Å²) in [6, 6.07) is 10.7. The average Bonchev–Trinajstić information content (AvgIpc) is 2.42. The van der Waals surface area contributed by atoms with Crippen molar-refractivity contribution in [1.29, 1.82) is 0 Å². The van der Waals surface area contributed by atoms with Gasteiger partial charge in [-0.2, -0.15) is 0 Å². The molecule has 0 saturated heterocycles. The molecule has 0 bridgehead atoms. The number of anilines is 3. The molecule has 0 aromatic heterocycles. The molecule has 0 radical (unpaired) electrons. The molecule has 0 heterocycles. The van der Waals surface area contributed by atoms with E-state index in [-0.39, 0.29) is 5.69 Å². The highest BCUT2D eigenvalue weighted by atomic mass is 79.9. The number of rotatable bonds is 4. The topological polar surface area (TPSA) is 67.2 Å². The fraction of sp³-hybridized carbons (Fsp3) is 0.143. The number of nitrogens with one attached hydrogen (secondary N) is 2. The molecule has 6 heteroatoms. The molecule has 0 unspecified atom stereocenters. The van der Waals surface area contributed by atoms with Crippen molar-refractivity contribution in [2.24, 2.45) is 0 Å². The molecule has 0 aliphatic heterocycles. The van der Waals surface area contributed by atoms with E-state index in [1.807, 2.05) is 31.2 Å². The Hall–Kier alpha value is -2.08. The number of halogens is 1. The predicted octanol–water partition coefficient (Wildman–Crippen LogP) is 4.45. The fourth-order valence-electron chi connectivity index (χ4n) is 1.82. The van der Waals surface area contributed by atoms with E-state index < -0.39 is 4.92 Å². The van der Waals surface area contributed by atoms with Crippen LogP contribution in [0.3, 0.4) is 0 Å². The maximum atomic E-state index is 10.9. The molecule has 0 atom stereocenters. The lowest BCUT2D eigenvalue weighted by molar-refractivity contribution is -0.384. The molecule has 2 N–H and O–H groups in total. The van der Waals surface area contributed by atoms with Crippen LogP contribution >= 0.6 is 15.9 Å². The summed E-state index contributed by atoms with van der Waals surface area (Å²) in [5, 5.41) is 17.1. The van der Waals surface area contributed by atoms with Crippen molar-refractivity contribution in [3.8, 4) is 0 Å². The first-order valence-electron chi connectivity index (χ1n) is 6.00. The van der Waals surface area contributed by atoms with Gasteiger partial charge < -0.3 is 10.6 Å². The second-order valence-electron chi connectivity index (χ2n) is 4.36. The smallest absolute Gasteiger partial charge is 0.273 e. The maximum absolute atomic E-state index is 10.9. The van der Waals surface area contributed by atoms with E-state index in [0.29, 0.717) is 11.4 Å². The Labute approximate surface area is 125 Å². The van der Waals surface area contributed by atoms with E-state index in [4.69, 9.17) is 0 Å². The highest BCUT2D eigenvalue weighted by Crippen LogP contribution is 2.29. The Bertz CT molecular complexity index is 659. The Morgan fingerprint density at radius 2 is 1.85 bits per heavy atom. The molecule has 20 heavy (non-hydrogen) atoms. The highest BCUT2D eigenvalue weighted by molar-refractivity contribution is 9.10. The molecular weight excluding hydrogens is 322 g/mol. The van der Waals surface area contributed by atoms with Crippen molar-refractivity contribution in [3.05, 3.63) is 56.5 Å². The number of benzene rings is 2. The first-order valence-corrected chi connectivity index (χ1v) is 6.79. The third-order valence-corrected chi connectivity index (χ3v) is 3.39. The van der Waals surface area contributed by atoms with Gasteiger partial charge in [0.15, 0.2) is 0 Å². The van der Waals surface area contributed by atoms with Crippen molar-refractivity contribution in [1.82, 2.24) is 0 Å². The molecule has 5 nitrogen and oxygen atoms in total. The van der Waals surface area contributed by atoms with E-state index >= 15 is 0 Å². The Morgan fingerprint density at radius 1 is 1.15 bits per heavy atom. The summed E-state index contributed by atoms with van der Waals surface area (Å²) in [4.78, 5) is 10.5. The third-order valence-electron chi connectivity index (χ3n) is 2.90. The second-order valence-corrected chi connectivity index (χ2v) is 5.28. The van der Waals surface area contributed by atoms with Crippen LogP contribution in [0.15, 0.2) is 40.9 Å². The Balaban J connectivity index is 2.39. The molecule has 0 aliphatic carbocycles. The van der Waals surface area contributed by atoms with Crippen LogP contribution in [0.1, 0.15) is 5.56 Å². The SMILES string of the molecule is CNc1cc(Nc2cc(Br)ccc2C)cc([N+](=O)[O-])c1. The molecule has 0 fully saturated rings. The van der Waals surface area contributed by atoms with Crippen LogP contribution in [0.5, 0.6) is 0 Å². The molecule has 0 saturated carbocycles. The van der Waals surface area contributed by atoms with Crippen molar-refractivity contribution in [2.45, 2.75) is 6.92 Å². The van der Waals surface area contributed by atoms with Crippen molar-refractivity contribution in [2.75, 3.05) is 17.7 Å². The van der Waals surface area contributed by atoms with E-state index in [9.17, 15) is 10.1 Å². The minimum absolute atomic E-state index is 0.0481. The average molecular weight is 336 g/mol. The summed E-state index contributed by atoms with van der Waals surface area (Å²) in [5.41, 5.74) is 3.37. The van der Waals surface area contributed by atoms with Gasteiger partial charge in [-0.15, -0.1) is 0 Å². The summed E-state index contributed by atoms with van der Waals surface area (Å²) in [7, 11) is 1.73. The summed E-state index contributed by atoms with van der Waals surface area (Å²) >= 11 is 3.41. The quantitative estimate of drug-likeness (QED) is 0.639. The lowest BCUT2D eigenvalue weighted by atomic mass is 10.2. The lowest BCUT2D eigenvalue weighted by Gasteiger charge is -2.11. The maximum Gasteiger partial charge on any atom is 0.273 e. The first kappa shape index (κ1) is 14.3. The number of non-ortho nitro benzene ring substituents is 1. The minimum atomic E-state index is -0.403. The van der Waals surface area contributed by atoms with Gasteiger partial charge >= 0.3 is 0 Å². The van der Waals surface area contributed by atoms with Gasteiger partial charge in [0, 0.05) is 40.7 Å². The van der Waals surface area contributed by atoms with E-state index in [1.54, 1.807) is 7.05 Å². The predicted molar refractivity (Wildman–Crippen MR) is 84.8 cm³/mol. The summed E-state index contributed by atoms with van der Waals surface area (Å²) < 4.78 is 0.949. The summed E-state index contributed by atoms with van der Waals surface area (Å²) in [5.74, 6) is 0. The van der Waals surface area contributed by atoms with Gasteiger partial charge in [-0.3, -0.25) is 10.1 Å². The third kappa shape index (κ3) is 3.27. The Kier molecular flexibility index (Phi) is 4.24. The van der Waals surface area contributed by atoms with Crippen LogP contribution in [-0.2, 0) is 0 Å². The van der Waals surface area contributed by atoms with Crippen molar-refractivity contribution >= 4 is 38.7 Å². The highest BCUT2D eigenvalue weighted by Gasteiger charge is 2.10. The number of aryl methyl sites for hydroxylation is 1. The van der Waals surface area contributed by atoms with Crippen LogP contribution in [0.2, 0.25) is 0 Å². The monoisotopic (exact) mass is 335 g/mol. The van der Waals surface area contributed by atoms with Crippen LogP contribution in [-0.4, -0.2) is 12.0 Å². The van der Waals surface area contributed by atoms with Crippen LogP contribution in [0, 0.1) is 17.0 Å². The molecule has 0 amide bonds. The number of hydrogen-bond donors (Lipinski definition) is 2. The van der Waals surface area contributed by atoms with E-state index in [0.717, 1.165) is 15.7 Å².